The molecule has 0 saturated heterocycles. The summed E-state index contributed by atoms with van der Waals surface area (Å²) in [5, 5.41) is 2.95. The van der Waals surface area contributed by atoms with Crippen molar-refractivity contribution < 1.29 is 14.3 Å². The molecule has 0 radical (unpaired) electrons. The molecule has 0 spiro atoms. The van der Waals surface area contributed by atoms with Crippen LogP contribution >= 0.6 is 0 Å². The van der Waals surface area contributed by atoms with Crippen molar-refractivity contribution in [2.24, 2.45) is 0 Å². The number of nitrogens with one attached hydrogen (secondary N) is 1. The molecule has 0 aliphatic carbocycles. The van der Waals surface area contributed by atoms with Gasteiger partial charge in [-0.3, -0.25) is 9.59 Å². The van der Waals surface area contributed by atoms with Crippen LogP contribution in [0.25, 0.3) is 0 Å². The lowest BCUT2D eigenvalue weighted by Crippen LogP contribution is -2.27. The Kier molecular flexibility index (Phi) is 6.22. The van der Waals surface area contributed by atoms with Crippen molar-refractivity contribution in [1.29, 1.82) is 0 Å². The second-order valence-electron chi connectivity index (χ2n) is 6.61. The van der Waals surface area contributed by atoms with Crippen LogP contribution in [0.5, 0.6) is 5.75 Å². The van der Waals surface area contributed by atoms with Gasteiger partial charge in [-0.05, 0) is 36.2 Å². The number of carbonyl (C=O) groups excluding carboxylic acids is 2. The van der Waals surface area contributed by atoms with E-state index in [0.717, 1.165) is 16.9 Å². The third-order valence-electron chi connectivity index (χ3n) is 4.70. The van der Waals surface area contributed by atoms with Gasteiger partial charge in [0.25, 0.3) is 0 Å². The Morgan fingerprint density at radius 2 is 1.57 bits per heavy atom. The fourth-order valence-corrected chi connectivity index (χ4v) is 2.94. The van der Waals surface area contributed by atoms with Gasteiger partial charge >= 0.3 is 0 Å². The minimum absolute atomic E-state index is 0.0479. The SMILES string of the molecule is COc1ccc(CNC(=O)[C@@H](C)c2cccc(C(=O)c3ccccc3)c2)cc1. The molecule has 4 heteroatoms. The third kappa shape index (κ3) is 4.65. The Hall–Kier alpha value is -3.40. The molecule has 142 valence electrons. The number of carbonyl (C=O) groups is 2. The first kappa shape index (κ1) is 19.4. The van der Waals surface area contributed by atoms with Gasteiger partial charge in [0.05, 0.1) is 13.0 Å². The first-order valence-corrected chi connectivity index (χ1v) is 9.19. The van der Waals surface area contributed by atoms with Crippen molar-refractivity contribution in [2.45, 2.75) is 19.4 Å². The summed E-state index contributed by atoms with van der Waals surface area (Å²) in [4.78, 5) is 25.2. The zero-order chi connectivity index (χ0) is 19.9. The smallest absolute Gasteiger partial charge is 0.227 e. The normalized spacial score (nSPS) is 11.5. The Bertz CT molecular complexity index is 949. The van der Waals surface area contributed by atoms with Crippen molar-refractivity contribution in [3.05, 3.63) is 101 Å². The molecule has 4 nitrogen and oxygen atoms in total. The molecule has 0 bridgehead atoms. The summed E-state index contributed by atoms with van der Waals surface area (Å²) >= 11 is 0. The summed E-state index contributed by atoms with van der Waals surface area (Å²) < 4.78 is 5.14. The Labute approximate surface area is 165 Å². The van der Waals surface area contributed by atoms with E-state index in [1.54, 1.807) is 31.4 Å². The molecule has 3 aromatic carbocycles. The molecule has 0 aliphatic rings. The quantitative estimate of drug-likeness (QED) is 0.627. The van der Waals surface area contributed by atoms with E-state index in [1.807, 2.05) is 61.5 Å². The molecular formula is C24H23NO3. The second kappa shape index (κ2) is 9.00. The lowest BCUT2D eigenvalue weighted by atomic mass is 9.95. The van der Waals surface area contributed by atoms with Gasteiger partial charge in [0.15, 0.2) is 5.78 Å². The van der Waals surface area contributed by atoms with Crippen LogP contribution in [0, 0.1) is 0 Å². The predicted octanol–water partition coefficient (Wildman–Crippen LogP) is 4.35. The number of methoxy groups -OCH3 is 1. The van der Waals surface area contributed by atoms with Gasteiger partial charge in [0.1, 0.15) is 5.75 Å². The lowest BCUT2D eigenvalue weighted by Gasteiger charge is -2.14. The number of hydrogen-bond acceptors (Lipinski definition) is 3. The van der Waals surface area contributed by atoms with Gasteiger partial charge < -0.3 is 10.1 Å². The Morgan fingerprint density at radius 1 is 0.893 bits per heavy atom. The van der Waals surface area contributed by atoms with Crippen LogP contribution in [-0.4, -0.2) is 18.8 Å². The summed E-state index contributed by atoms with van der Waals surface area (Å²) in [5.41, 5.74) is 3.03. The van der Waals surface area contributed by atoms with Crippen LogP contribution in [-0.2, 0) is 11.3 Å². The third-order valence-corrected chi connectivity index (χ3v) is 4.70. The van der Waals surface area contributed by atoms with Gasteiger partial charge in [0, 0.05) is 17.7 Å². The highest BCUT2D eigenvalue weighted by atomic mass is 16.5. The number of benzene rings is 3. The summed E-state index contributed by atoms with van der Waals surface area (Å²) in [6.07, 6.45) is 0. The molecule has 1 atom stereocenters. The van der Waals surface area contributed by atoms with Crippen molar-refractivity contribution in [3.8, 4) is 5.75 Å². The first-order valence-electron chi connectivity index (χ1n) is 9.19. The van der Waals surface area contributed by atoms with E-state index in [-0.39, 0.29) is 17.6 Å². The zero-order valence-electron chi connectivity index (χ0n) is 16.0. The highest BCUT2D eigenvalue weighted by Gasteiger charge is 2.17. The van der Waals surface area contributed by atoms with Gasteiger partial charge in [-0.15, -0.1) is 0 Å². The minimum atomic E-state index is -0.359. The summed E-state index contributed by atoms with van der Waals surface area (Å²) in [5.74, 6) is 0.290. The molecule has 0 aliphatic heterocycles. The largest absolute Gasteiger partial charge is 0.497 e. The molecule has 3 aromatic rings. The standard InChI is InChI=1S/C24H23NO3/c1-17(24(27)25-16-18-11-13-22(28-2)14-12-18)20-9-6-10-21(15-20)23(26)19-7-4-3-5-8-19/h3-15,17H,16H2,1-2H3,(H,25,27)/t17-/m0/s1. The van der Waals surface area contributed by atoms with Crippen LogP contribution in [0.1, 0.15) is 39.9 Å². The lowest BCUT2D eigenvalue weighted by molar-refractivity contribution is -0.122. The minimum Gasteiger partial charge on any atom is -0.497 e. The number of hydrogen-bond donors (Lipinski definition) is 1. The number of ether oxygens (including phenoxy) is 1. The first-order chi connectivity index (χ1) is 13.6. The molecule has 0 fully saturated rings. The molecule has 1 N–H and O–H groups in total. The van der Waals surface area contributed by atoms with E-state index in [2.05, 4.69) is 5.32 Å². The highest BCUT2D eigenvalue weighted by molar-refractivity contribution is 6.09. The average Bonchev–Trinajstić information content (AvgIpc) is 2.77. The molecule has 28 heavy (non-hydrogen) atoms. The van der Waals surface area contributed by atoms with E-state index in [9.17, 15) is 9.59 Å². The molecule has 0 heterocycles. The fourth-order valence-electron chi connectivity index (χ4n) is 2.94. The maximum Gasteiger partial charge on any atom is 0.227 e. The second-order valence-corrected chi connectivity index (χ2v) is 6.61. The van der Waals surface area contributed by atoms with Crippen LogP contribution < -0.4 is 10.1 Å². The molecule has 0 saturated carbocycles. The van der Waals surface area contributed by atoms with Crippen LogP contribution in [0.2, 0.25) is 0 Å². The summed E-state index contributed by atoms with van der Waals surface area (Å²) in [6.45, 7) is 2.28. The van der Waals surface area contributed by atoms with Crippen LogP contribution in [0.3, 0.4) is 0 Å². The van der Waals surface area contributed by atoms with Crippen molar-refractivity contribution in [2.75, 3.05) is 7.11 Å². The maximum atomic E-state index is 12.6. The van der Waals surface area contributed by atoms with Gasteiger partial charge in [-0.1, -0.05) is 60.7 Å². The molecule has 3 rings (SSSR count). The molecule has 0 unspecified atom stereocenters. The van der Waals surface area contributed by atoms with E-state index in [4.69, 9.17) is 4.74 Å². The Balaban J connectivity index is 1.67. The van der Waals surface area contributed by atoms with E-state index < -0.39 is 0 Å². The van der Waals surface area contributed by atoms with Gasteiger partial charge in [-0.2, -0.15) is 0 Å². The molecule has 0 aromatic heterocycles. The predicted molar refractivity (Wildman–Crippen MR) is 110 cm³/mol. The van der Waals surface area contributed by atoms with E-state index in [1.165, 1.54) is 0 Å². The maximum absolute atomic E-state index is 12.6. The van der Waals surface area contributed by atoms with Crippen molar-refractivity contribution in [3.63, 3.8) is 0 Å². The summed E-state index contributed by atoms with van der Waals surface area (Å²) in [6, 6.07) is 24.0. The van der Waals surface area contributed by atoms with Crippen LogP contribution in [0.15, 0.2) is 78.9 Å². The number of amides is 1. The topological polar surface area (TPSA) is 55.4 Å². The molecular weight excluding hydrogens is 350 g/mol. The number of ketones is 1. The molecule has 1 amide bonds. The number of rotatable bonds is 7. The highest BCUT2D eigenvalue weighted by Crippen LogP contribution is 2.19. The van der Waals surface area contributed by atoms with E-state index >= 15 is 0 Å². The van der Waals surface area contributed by atoms with Crippen molar-refractivity contribution in [1.82, 2.24) is 5.32 Å². The summed E-state index contributed by atoms with van der Waals surface area (Å²) in [7, 11) is 1.62. The fraction of sp³-hybridized carbons (Fsp3) is 0.167. The van der Waals surface area contributed by atoms with Crippen LogP contribution in [0.4, 0.5) is 0 Å². The average molecular weight is 373 g/mol. The Morgan fingerprint density at radius 3 is 2.25 bits per heavy atom. The van der Waals surface area contributed by atoms with E-state index in [0.29, 0.717) is 17.7 Å². The van der Waals surface area contributed by atoms with Gasteiger partial charge in [0.2, 0.25) is 5.91 Å². The van der Waals surface area contributed by atoms with Crippen molar-refractivity contribution >= 4 is 11.7 Å². The monoisotopic (exact) mass is 373 g/mol. The van der Waals surface area contributed by atoms with Gasteiger partial charge in [-0.25, -0.2) is 0 Å². The zero-order valence-corrected chi connectivity index (χ0v) is 16.0.